The Morgan fingerprint density at radius 1 is 0.897 bits per heavy atom. The predicted octanol–water partition coefficient (Wildman–Crippen LogP) is 3.26. The Balaban J connectivity index is 0. The Bertz CT molecular complexity index is 468. The number of esters is 2. The van der Waals surface area contributed by atoms with Gasteiger partial charge in [-0.2, -0.15) is 0 Å². The zero-order chi connectivity index (χ0) is 20.5. The molecule has 29 heavy (non-hydrogen) atoms. The van der Waals surface area contributed by atoms with Crippen molar-refractivity contribution in [1.82, 2.24) is 5.32 Å². The fraction of sp³-hybridized carbons (Fsp3) is 0.864. The van der Waals surface area contributed by atoms with Gasteiger partial charge in [-0.1, -0.05) is 109 Å². The molecule has 1 atom stereocenters. The summed E-state index contributed by atoms with van der Waals surface area (Å²) in [6, 6.07) is -0.678. The van der Waals surface area contributed by atoms with E-state index in [0.717, 1.165) is 31.0 Å². The molecule has 0 radical (unpaired) electrons. The summed E-state index contributed by atoms with van der Waals surface area (Å²) in [6.45, 7) is 2.26. The van der Waals surface area contributed by atoms with Crippen LogP contribution in [0.15, 0.2) is 0 Å². The zero-order valence-corrected chi connectivity index (χ0v) is 21.5. The van der Waals surface area contributed by atoms with Crippen molar-refractivity contribution in [2.24, 2.45) is 0 Å². The second-order valence-corrected chi connectivity index (χ2v) is 8.78. The van der Waals surface area contributed by atoms with E-state index in [4.69, 9.17) is 4.74 Å². The first-order chi connectivity index (χ1) is 13.6. The van der Waals surface area contributed by atoms with Crippen molar-refractivity contribution < 1.29 is 50.1 Å². The van der Waals surface area contributed by atoms with E-state index in [1.54, 1.807) is 0 Å². The van der Waals surface area contributed by atoms with E-state index >= 15 is 0 Å². The van der Waals surface area contributed by atoms with Gasteiger partial charge in [0.2, 0.25) is 0 Å². The van der Waals surface area contributed by atoms with Crippen LogP contribution in [0.5, 0.6) is 0 Å². The van der Waals surface area contributed by atoms with Crippen molar-refractivity contribution >= 4 is 28.9 Å². The van der Waals surface area contributed by atoms with E-state index in [1.807, 2.05) is 0 Å². The van der Waals surface area contributed by atoms with Crippen molar-refractivity contribution in [1.29, 1.82) is 0 Å². The normalized spacial score (nSPS) is 15.6. The molecule has 1 aliphatic heterocycles. The fourth-order valence-electron chi connectivity index (χ4n) is 3.39. The van der Waals surface area contributed by atoms with Gasteiger partial charge in [-0.05, 0) is 6.42 Å². The van der Waals surface area contributed by atoms with Gasteiger partial charge in [0, 0.05) is 12.2 Å². The first kappa shape index (κ1) is 29.0. The summed E-state index contributed by atoms with van der Waals surface area (Å²) < 4.78 is 4.80. The molecular weight excluding hydrogens is 397 g/mol. The smallest absolute Gasteiger partial charge is 1.00 e. The van der Waals surface area contributed by atoms with Gasteiger partial charge in [0.05, 0.1) is 0 Å². The van der Waals surface area contributed by atoms with E-state index in [1.165, 1.54) is 77.0 Å². The Labute approximate surface area is 205 Å². The van der Waals surface area contributed by atoms with Crippen LogP contribution in [0.1, 0.15) is 111 Å². The first-order valence-corrected chi connectivity index (χ1v) is 12.3. The average Bonchev–Trinajstić information content (AvgIpc) is 3.11. The van der Waals surface area contributed by atoms with Gasteiger partial charge in [-0.15, -0.1) is 0 Å². The quantitative estimate of drug-likeness (QED) is 0.164. The number of hydrogen-bond acceptors (Lipinski definition) is 5. The molecule has 0 saturated carbocycles. The number of thioether (sulfide) groups is 1. The van der Waals surface area contributed by atoms with Crippen LogP contribution in [0.25, 0.3) is 0 Å². The number of ether oxygens (including phenoxy) is 1. The van der Waals surface area contributed by atoms with Crippen LogP contribution in [0.2, 0.25) is 0 Å². The van der Waals surface area contributed by atoms with E-state index in [0.29, 0.717) is 5.75 Å². The SMILES string of the molecule is CCCCCCCCCCCCCCCCCC(=O)OC(=O)C1CSC(=O)N1.[H-].[Na+]. The maximum atomic E-state index is 11.7. The predicted molar refractivity (Wildman–Crippen MR) is 117 cm³/mol. The topological polar surface area (TPSA) is 72.5 Å². The summed E-state index contributed by atoms with van der Waals surface area (Å²) in [7, 11) is 0. The molecule has 1 rings (SSSR count). The van der Waals surface area contributed by atoms with Crippen LogP contribution in [-0.2, 0) is 14.3 Å². The molecule has 164 valence electrons. The standard InChI is InChI=1S/C22H39NO4S.Na.H/c1-2-3-4-5-6-7-8-9-10-11-12-13-14-15-16-17-20(24)27-21(25)19-18-28-22(26)23-19;;/h19H,2-18H2,1H3,(H,23,26);;/q;+1;-1. The van der Waals surface area contributed by atoms with E-state index in [2.05, 4.69) is 12.2 Å². The Morgan fingerprint density at radius 3 is 1.76 bits per heavy atom. The van der Waals surface area contributed by atoms with E-state index < -0.39 is 18.0 Å². The minimum atomic E-state index is -0.678. The number of rotatable bonds is 17. The van der Waals surface area contributed by atoms with Gasteiger partial charge in [0.15, 0.2) is 0 Å². The molecule has 0 bridgehead atoms. The summed E-state index contributed by atoms with van der Waals surface area (Å²) in [4.78, 5) is 34.4. The summed E-state index contributed by atoms with van der Waals surface area (Å²) in [5.74, 6) is -0.778. The van der Waals surface area contributed by atoms with Gasteiger partial charge in [0.25, 0.3) is 5.24 Å². The Kier molecular flexibility index (Phi) is 19.9. The fourth-order valence-corrected chi connectivity index (χ4v) is 4.15. The van der Waals surface area contributed by atoms with Crippen LogP contribution >= 0.6 is 11.8 Å². The van der Waals surface area contributed by atoms with Gasteiger partial charge in [-0.25, -0.2) is 4.79 Å². The largest absolute Gasteiger partial charge is 1.00 e. The van der Waals surface area contributed by atoms with Crippen molar-refractivity contribution in [3.05, 3.63) is 0 Å². The molecule has 1 saturated heterocycles. The third kappa shape index (κ3) is 16.3. The van der Waals surface area contributed by atoms with Crippen LogP contribution < -0.4 is 34.9 Å². The molecule has 1 fully saturated rings. The third-order valence-electron chi connectivity index (χ3n) is 5.16. The number of carbonyl (C=O) groups excluding carboxylic acids is 3. The molecule has 0 aliphatic carbocycles. The molecule has 1 heterocycles. The van der Waals surface area contributed by atoms with Crippen LogP contribution in [0.4, 0.5) is 4.79 Å². The second kappa shape index (κ2) is 19.9. The van der Waals surface area contributed by atoms with Gasteiger partial charge < -0.3 is 11.5 Å². The van der Waals surface area contributed by atoms with Gasteiger partial charge >= 0.3 is 41.5 Å². The number of unbranched alkanes of at least 4 members (excludes halogenated alkanes) is 14. The van der Waals surface area contributed by atoms with Crippen molar-refractivity contribution in [2.45, 2.75) is 116 Å². The molecule has 7 heteroatoms. The maximum Gasteiger partial charge on any atom is 1.00 e. The minimum Gasteiger partial charge on any atom is -1.00 e. The maximum absolute atomic E-state index is 11.7. The minimum absolute atomic E-state index is 0. The summed E-state index contributed by atoms with van der Waals surface area (Å²) in [5, 5.41) is 2.24. The second-order valence-electron chi connectivity index (χ2n) is 7.79. The molecule has 0 aromatic carbocycles. The monoisotopic (exact) mass is 437 g/mol. The zero-order valence-electron chi connectivity index (χ0n) is 19.6. The number of amides is 1. The van der Waals surface area contributed by atoms with Crippen molar-refractivity contribution in [3.8, 4) is 0 Å². The average molecular weight is 438 g/mol. The summed E-state index contributed by atoms with van der Waals surface area (Å²) in [6.07, 6.45) is 19.4. The van der Waals surface area contributed by atoms with E-state index in [-0.39, 0.29) is 42.6 Å². The Morgan fingerprint density at radius 2 is 1.34 bits per heavy atom. The molecular formula is C22H40NNaO4S. The molecule has 0 spiro atoms. The first-order valence-electron chi connectivity index (χ1n) is 11.3. The van der Waals surface area contributed by atoms with Gasteiger partial charge in [-0.3, -0.25) is 9.59 Å². The molecule has 0 aromatic rings. The number of hydrogen-bond donors (Lipinski definition) is 1. The molecule has 5 nitrogen and oxygen atoms in total. The molecule has 1 unspecified atom stereocenters. The molecule has 1 N–H and O–H groups in total. The number of nitrogens with one attached hydrogen (secondary N) is 1. The number of carbonyl (C=O) groups is 3. The molecule has 1 amide bonds. The summed E-state index contributed by atoms with van der Waals surface area (Å²) in [5.41, 5.74) is 0. The van der Waals surface area contributed by atoms with Crippen LogP contribution in [0.3, 0.4) is 0 Å². The van der Waals surface area contributed by atoms with Gasteiger partial charge in [0.1, 0.15) is 6.04 Å². The molecule has 1 aliphatic rings. The van der Waals surface area contributed by atoms with Crippen molar-refractivity contribution in [2.75, 3.05) is 5.75 Å². The summed E-state index contributed by atoms with van der Waals surface area (Å²) >= 11 is 1.04. The van der Waals surface area contributed by atoms with Crippen LogP contribution in [-0.4, -0.2) is 29.0 Å². The van der Waals surface area contributed by atoms with E-state index in [9.17, 15) is 14.4 Å². The molecule has 0 aromatic heterocycles. The Hall–Kier alpha value is -0.0400. The third-order valence-corrected chi connectivity index (χ3v) is 6.04. The van der Waals surface area contributed by atoms with Crippen molar-refractivity contribution in [3.63, 3.8) is 0 Å². The van der Waals surface area contributed by atoms with Crippen LogP contribution in [0, 0.1) is 0 Å².